The number of hydrogen-bond acceptors (Lipinski definition) is 0. The molecule has 11 heavy (non-hydrogen) atoms. The average Bonchev–Trinajstić information content (AvgIpc) is 1.96. The predicted molar refractivity (Wildman–Crippen MR) is 56.9 cm³/mol. The van der Waals surface area contributed by atoms with E-state index in [0.29, 0.717) is 0 Å². The third-order valence-corrected chi connectivity index (χ3v) is 3.15. The smallest absolute Gasteiger partial charge is 0.150 e. The zero-order chi connectivity index (χ0) is 8.53. The molecule has 0 rings (SSSR count). The van der Waals surface area contributed by atoms with Gasteiger partial charge in [-0.25, -0.2) is 0 Å². The average molecular weight is 211 g/mol. The van der Waals surface area contributed by atoms with Gasteiger partial charge in [0.2, 0.25) is 7.42 Å². The molecule has 0 heterocycles. The van der Waals surface area contributed by atoms with Gasteiger partial charge in [-0.15, -0.1) is 0 Å². The molecule has 0 spiro atoms. The predicted octanol–water partition coefficient (Wildman–Crippen LogP) is 3.82. The first-order valence-corrected chi connectivity index (χ1v) is 8.51. The van der Waals surface area contributed by atoms with E-state index in [2.05, 4.69) is 19.1 Å². The van der Waals surface area contributed by atoms with Crippen molar-refractivity contribution in [1.29, 1.82) is 0 Å². The largest absolute Gasteiger partial charge is 0.240 e. The molecule has 0 amide bonds. The Morgan fingerprint density at radius 2 is 1.91 bits per heavy atom. The van der Waals surface area contributed by atoms with Gasteiger partial charge in [0.25, 0.3) is 0 Å². The van der Waals surface area contributed by atoms with Crippen molar-refractivity contribution in [1.82, 2.24) is 0 Å². The quantitative estimate of drug-likeness (QED) is 0.271. The molecule has 0 aromatic carbocycles. The summed E-state index contributed by atoms with van der Waals surface area (Å²) in [5.41, 5.74) is 0. The minimum Gasteiger partial charge on any atom is -0.150 e. The molecule has 0 radical (unpaired) electrons. The summed E-state index contributed by atoms with van der Waals surface area (Å²) >= 11 is 11.3. The molecular weight excluding hydrogens is 195 g/mol. The Hall–Kier alpha value is 0.537. The zero-order valence-electron chi connectivity index (χ0n) is 7.02. The van der Waals surface area contributed by atoms with Crippen molar-refractivity contribution >= 4 is 29.6 Å². The Bertz CT molecular complexity index is 102. The second kappa shape index (κ2) is 8.63. The Kier molecular flexibility index (Phi) is 9.05. The van der Waals surface area contributed by atoms with E-state index in [1.807, 2.05) is 0 Å². The van der Waals surface area contributed by atoms with Crippen molar-refractivity contribution in [2.75, 3.05) is 0 Å². The lowest BCUT2D eigenvalue weighted by Gasteiger charge is -1.92. The summed E-state index contributed by atoms with van der Waals surface area (Å²) in [6, 6.07) is 0.912. The molecule has 0 atom stereocenters. The molecule has 0 fully saturated rings. The third kappa shape index (κ3) is 10.5. The summed E-state index contributed by atoms with van der Waals surface area (Å²) in [7, 11) is -1.37. The lowest BCUT2D eigenvalue weighted by atomic mass is 10.2. The van der Waals surface area contributed by atoms with E-state index >= 15 is 0 Å². The zero-order valence-corrected chi connectivity index (χ0v) is 9.69. The van der Waals surface area contributed by atoms with Crippen molar-refractivity contribution in [3.8, 4) is 0 Å². The normalized spacial score (nSPS) is 11.6. The van der Waals surface area contributed by atoms with Crippen LogP contribution < -0.4 is 0 Å². The molecule has 0 N–H and O–H groups in total. The van der Waals surface area contributed by atoms with E-state index in [0.717, 1.165) is 6.04 Å². The van der Waals surface area contributed by atoms with E-state index < -0.39 is 7.42 Å². The Balaban J connectivity index is 3.03. The van der Waals surface area contributed by atoms with Crippen LogP contribution in [0.5, 0.6) is 0 Å². The minimum absolute atomic E-state index is 0.912. The molecule has 0 aliphatic rings. The van der Waals surface area contributed by atoms with Crippen LogP contribution in [0.1, 0.15) is 32.6 Å². The molecule has 0 saturated carbocycles. The first-order valence-electron chi connectivity index (χ1n) is 4.20. The van der Waals surface area contributed by atoms with Gasteiger partial charge < -0.3 is 0 Å². The fourth-order valence-corrected chi connectivity index (χ4v) is 1.84. The molecule has 0 aromatic heterocycles. The Morgan fingerprint density at radius 1 is 1.18 bits per heavy atom. The van der Waals surface area contributed by atoms with Crippen molar-refractivity contribution in [3.63, 3.8) is 0 Å². The SMILES string of the molecule is CCCCCC=CC[SiH](Cl)Cl. The van der Waals surface area contributed by atoms with E-state index in [4.69, 9.17) is 22.2 Å². The van der Waals surface area contributed by atoms with Gasteiger partial charge in [0.1, 0.15) is 0 Å². The van der Waals surface area contributed by atoms with Crippen LogP contribution in [0.15, 0.2) is 12.2 Å². The highest BCUT2D eigenvalue weighted by molar-refractivity contribution is 7.33. The van der Waals surface area contributed by atoms with E-state index in [1.54, 1.807) is 0 Å². The Morgan fingerprint density at radius 3 is 2.45 bits per heavy atom. The second-order valence-corrected chi connectivity index (χ2v) is 7.68. The number of rotatable bonds is 6. The molecule has 3 heteroatoms. The monoisotopic (exact) mass is 210 g/mol. The van der Waals surface area contributed by atoms with Crippen LogP contribution in [0.4, 0.5) is 0 Å². The minimum atomic E-state index is -1.37. The maximum absolute atomic E-state index is 5.67. The molecular formula is C8H16Cl2Si. The van der Waals surface area contributed by atoms with Gasteiger partial charge in [-0.3, -0.25) is 0 Å². The highest BCUT2D eigenvalue weighted by Crippen LogP contribution is 2.05. The van der Waals surface area contributed by atoms with Crippen molar-refractivity contribution in [2.45, 2.75) is 38.7 Å². The molecule has 0 aromatic rings. The summed E-state index contributed by atoms with van der Waals surface area (Å²) in [5, 5.41) is 0. The molecule has 0 aliphatic carbocycles. The van der Waals surface area contributed by atoms with E-state index in [1.165, 1.54) is 25.7 Å². The van der Waals surface area contributed by atoms with Crippen LogP contribution in [0, 0.1) is 0 Å². The van der Waals surface area contributed by atoms with Gasteiger partial charge in [-0.05, 0) is 18.9 Å². The molecule has 66 valence electrons. The molecule has 0 unspecified atom stereocenters. The van der Waals surface area contributed by atoms with Crippen molar-refractivity contribution < 1.29 is 0 Å². The fourth-order valence-electron chi connectivity index (χ4n) is 0.829. The number of unbranched alkanes of at least 4 members (excludes halogenated alkanes) is 3. The van der Waals surface area contributed by atoms with E-state index in [-0.39, 0.29) is 0 Å². The fraction of sp³-hybridized carbons (Fsp3) is 0.750. The van der Waals surface area contributed by atoms with Gasteiger partial charge in [-0.1, -0.05) is 31.9 Å². The van der Waals surface area contributed by atoms with Gasteiger partial charge in [-0.2, -0.15) is 22.2 Å². The van der Waals surface area contributed by atoms with Crippen LogP contribution in [0.3, 0.4) is 0 Å². The molecule has 0 saturated heterocycles. The van der Waals surface area contributed by atoms with E-state index in [9.17, 15) is 0 Å². The standard InChI is InChI=1S/C8H16Cl2Si/c1-2-3-4-5-6-7-8-11(9)10/h6-7,11H,2-5,8H2,1H3. The summed E-state index contributed by atoms with van der Waals surface area (Å²) in [6.45, 7) is 2.21. The molecule has 0 nitrogen and oxygen atoms in total. The lowest BCUT2D eigenvalue weighted by molar-refractivity contribution is 0.729. The summed E-state index contributed by atoms with van der Waals surface area (Å²) in [5.74, 6) is 0. The van der Waals surface area contributed by atoms with Gasteiger partial charge in [0.15, 0.2) is 0 Å². The third-order valence-electron chi connectivity index (χ3n) is 1.46. The highest BCUT2D eigenvalue weighted by Gasteiger charge is 1.95. The van der Waals surface area contributed by atoms with Crippen LogP contribution in [0.2, 0.25) is 6.04 Å². The van der Waals surface area contributed by atoms with Crippen molar-refractivity contribution in [3.05, 3.63) is 12.2 Å². The summed E-state index contributed by atoms with van der Waals surface area (Å²) < 4.78 is 0. The highest BCUT2D eigenvalue weighted by atomic mass is 35.7. The second-order valence-electron chi connectivity index (χ2n) is 2.59. The molecule has 0 aliphatic heterocycles. The van der Waals surface area contributed by atoms with Crippen LogP contribution >= 0.6 is 22.2 Å². The lowest BCUT2D eigenvalue weighted by Crippen LogP contribution is -1.86. The number of allylic oxidation sites excluding steroid dienone is 2. The summed E-state index contributed by atoms with van der Waals surface area (Å²) in [6.07, 6.45) is 9.41. The first-order chi connectivity index (χ1) is 5.27. The number of hydrogen-bond donors (Lipinski definition) is 0. The maximum atomic E-state index is 5.67. The van der Waals surface area contributed by atoms with Crippen molar-refractivity contribution in [2.24, 2.45) is 0 Å². The van der Waals surface area contributed by atoms with Gasteiger partial charge in [0.05, 0.1) is 0 Å². The van der Waals surface area contributed by atoms with Gasteiger partial charge in [0, 0.05) is 0 Å². The topological polar surface area (TPSA) is 0 Å². The number of halogens is 2. The van der Waals surface area contributed by atoms with Gasteiger partial charge >= 0.3 is 0 Å². The Labute approximate surface area is 80.6 Å². The molecule has 0 bridgehead atoms. The first kappa shape index (κ1) is 11.5. The van der Waals surface area contributed by atoms with Crippen LogP contribution in [0.25, 0.3) is 0 Å². The van der Waals surface area contributed by atoms with Crippen LogP contribution in [-0.4, -0.2) is 7.42 Å². The maximum Gasteiger partial charge on any atom is 0.240 e. The summed E-state index contributed by atoms with van der Waals surface area (Å²) in [4.78, 5) is 0. The van der Waals surface area contributed by atoms with Crippen LogP contribution in [-0.2, 0) is 0 Å².